The molecular weight excluding hydrogens is 458 g/mol. The van der Waals surface area contributed by atoms with Gasteiger partial charge >= 0.3 is 0 Å². The van der Waals surface area contributed by atoms with Gasteiger partial charge in [-0.1, -0.05) is 103 Å². The molecule has 3 aromatic carbocycles. The molecule has 3 aromatic rings. The van der Waals surface area contributed by atoms with Crippen molar-refractivity contribution in [3.63, 3.8) is 0 Å². The maximum atomic E-state index is 2.41. The van der Waals surface area contributed by atoms with Gasteiger partial charge in [0.1, 0.15) is 0 Å². The second kappa shape index (κ2) is 11.1. The first kappa shape index (κ1) is 24.2. The zero-order valence-corrected chi connectivity index (χ0v) is 22.2. The van der Waals surface area contributed by atoms with Crippen molar-refractivity contribution in [2.45, 2.75) is 39.0 Å². The Labute approximate surface area is 227 Å². The number of nitrogens with zero attached hydrogens (tertiary/aromatic N) is 1. The molecule has 0 aliphatic heterocycles. The number of hydrogen-bond acceptors (Lipinski definition) is 1. The van der Waals surface area contributed by atoms with E-state index in [0.717, 1.165) is 32.1 Å². The quantitative estimate of drug-likeness (QED) is 0.330. The molecule has 0 saturated heterocycles. The van der Waals surface area contributed by atoms with Crippen LogP contribution in [0.15, 0.2) is 139 Å². The van der Waals surface area contributed by atoms with Crippen LogP contribution in [0, 0.1) is 12.8 Å². The first-order valence-corrected chi connectivity index (χ1v) is 13.9. The first-order valence-electron chi connectivity index (χ1n) is 13.9. The van der Waals surface area contributed by atoms with Gasteiger partial charge in [0.25, 0.3) is 0 Å². The molecule has 0 radical (unpaired) electrons. The summed E-state index contributed by atoms with van der Waals surface area (Å²) < 4.78 is 0. The summed E-state index contributed by atoms with van der Waals surface area (Å²) >= 11 is 0. The van der Waals surface area contributed by atoms with Crippen LogP contribution >= 0.6 is 0 Å². The molecule has 0 amide bonds. The van der Waals surface area contributed by atoms with Crippen molar-refractivity contribution in [3.8, 4) is 11.1 Å². The Hall–Kier alpha value is -4.10. The van der Waals surface area contributed by atoms with Crippen LogP contribution in [-0.4, -0.2) is 0 Å². The van der Waals surface area contributed by atoms with Gasteiger partial charge in [-0.15, -0.1) is 0 Å². The molecule has 3 aliphatic rings. The van der Waals surface area contributed by atoms with Gasteiger partial charge in [-0.2, -0.15) is 0 Å². The largest absolute Gasteiger partial charge is 0.311 e. The molecule has 6 rings (SSSR count). The van der Waals surface area contributed by atoms with E-state index in [1.165, 1.54) is 50.5 Å². The van der Waals surface area contributed by atoms with E-state index in [4.69, 9.17) is 0 Å². The van der Waals surface area contributed by atoms with Crippen LogP contribution in [0.4, 0.5) is 11.4 Å². The lowest BCUT2D eigenvalue weighted by atomic mass is 9.88. The van der Waals surface area contributed by atoms with Crippen LogP contribution in [0.2, 0.25) is 0 Å². The molecule has 0 heterocycles. The predicted molar refractivity (Wildman–Crippen MR) is 163 cm³/mol. The van der Waals surface area contributed by atoms with E-state index >= 15 is 0 Å². The molecule has 0 fully saturated rings. The molecule has 0 spiro atoms. The molecule has 1 unspecified atom stereocenters. The SMILES string of the molecule is Cc1ccc(-c2ccc(N(C3=CCC(C4=CCCC=C4)C=C3)c3ccc(C4=CCCC=C4)cc3)cc2)cc1. The maximum Gasteiger partial charge on any atom is 0.0461 e. The van der Waals surface area contributed by atoms with Gasteiger partial charge in [0.15, 0.2) is 0 Å². The van der Waals surface area contributed by atoms with Crippen molar-refractivity contribution in [1.29, 1.82) is 0 Å². The highest BCUT2D eigenvalue weighted by atomic mass is 15.1. The maximum absolute atomic E-state index is 2.41. The molecule has 0 N–H and O–H groups in total. The number of benzene rings is 3. The van der Waals surface area contributed by atoms with Crippen molar-refractivity contribution >= 4 is 16.9 Å². The van der Waals surface area contributed by atoms with Crippen molar-refractivity contribution in [3.05, 3.63) is 150 Å². The molecule has 0 saturated carbocycles. The summed E-state index contributed by atoms with van der Waals surface area (Å²) in [6, 6.07) is 26.8. The summed E-state index contributed by atoms with van der Waals surface area (Å²) in [5.41, 5.74) is 11.4. The summed E-state index contributed by atoms with van der Waals surface area (Å²) in [6.07, 6.45) is 26.6. The Morgan fingerprint density at radius 3 is 1.74 bits per heavy atom. The van der Waals surface area contributed by atoms with Gasteiger partial charge < -0.3 is 4.90 Å². The summed E-state index contributed by atoms with van der Waals surface area (Å²) in [5.74, 6) is 0.466. The van der Waals surface area contributed by atoms with E-state index in [1.54, 1.807) is 0 Å². The molecule has 3 aliphatic carbocycles. The average Bonchev–Trinajstić information content (AvgIpc) is 3.00. The van der Waals surface area contributed by atoms with Crippen LogP contribution in [-0.2, 0) is 0 Å². The van der Waals surface area contributed by atoms with Crippen molar-refractivity contribution in [1.82, 2.24) is 0 Å². The minimum Gasteiger partial charge on any atom is -0.311 e. The van der Waals surface area contributed by atoms with Crippen LogP contribution in [0.5, 0.6) is 0 Å². The third kappa shape index (κ3) is 5.29. The summed E-state index contributed by atoms with van der Waals surface area (Å²) in [5, 5.41) is 0. The van der Waals surface area contributed by atoms with Gasteiger partial charge in [0.2, 0.25) is 0 Å². The highest BCUT2D eigenvalue weighted by molar-refractivity contribution is 5.78. The highest BCUT2D eigenvalue weighted by Gasteiger charge is 2.19. The molecule has 0 aromatic heterocycles. The van der Waals surface area contributed by atoms with E-state index in [0.29, 0.717) is 5.92 Å². The monoisotopic (exact) mass is 493 g/mol. The minimum absolute atomic E-state index is 0.466. The lowest BCUT2D eigenvalue weighted by Gasteiger charge is -2.30. The molecule has 0 bridgehead atoms. The normalized spacial score (nSPS) is 18.6. The fourth-order valence-electron chi connectivity index (χ4n) is 5.56. The highest BCUT2D eigenvalue weighted by Crippen LogP contribution is 2.36. The Balaban J connectivity index is 1.32. The van der Waals surface area contributed by atoms with Gasteiger partial charge in [0, 0.05) is 23.0 Å². The van der Waals surface area contributed by atoms with Crippen LogP contribution in [0.3, 0.4) is 0 Å². The lowest BCUT2D eigenvalue weighted by Crippen LogP contribution is -2.18. The van der Waals surface area contributed by atoms with E-state index < -0.39 is 0 Å². The average molecular weight is 494 g/mol. The van der Waals surface area contributed by atoms with E-state index in [1.807, 2.05) is 0 Å². The minimum atomic E-state index is 0.466. The number of hydrogen-bond donors (Lipinski definition) is 0. The number of allylic oxidation sites excluding steroid dienone is 11. The Morgan fingerprint density at radius 2 is 1.18 bits per heavy atom. The van der Waals surface area contributed by atoms with Crippen LogP contribution < -0.4 is 4.90 Å². The standard InChI is InChI=1S/C37H35N/c1-28-12-14-31(15-13-28)34-20-26-37(27-21-34)38(35-22-16-32(17-23-35)29-8-4-2-5-9-29)36-24-18-33(19-25-36)30-10-6-3-7-11-30/h4,6,8-18,20-27,33H,2-3,5,7,19H2,1H3. The number of anilines is 2. The summed E-state index contributed by atoms with van der Waals surface area (Å²) in [6.45, 7) is 2.13. The van der Waals surface area contributed by atoms with Gasteiger partial charge in [0.05, 0.1) is 0 Å². The lowest BCUT2D eigenvalue weighted by molar-refractivity contribution is 0.762. The van der Waals surface area contributed by atoms with Crippen LogP contribution in [0.1, 0.15) is 43.2 Å². The molecule has 188 valence electrons. The topological polar surface area (TPSA) is 3.24 Å². The molecular formula is C37H35N. The molecule has 38 heavy (non-hydrogen) atoms. The zero-order valence-electron chi connectivity index (χ0n) is 22.2. The third-order valence-corrected chi connectivity index (χ3v) is 7.75. The van der Waals surface area contributed by atoms with Crippen molar-refractivity contribution in [2.75, 3.05) is 4.90 Å². The molecule has 1 heteroatoms. The van der Waals surface area contributed by atoms with Crippen molar-refractivity contribution in [2.24, 2.45) is 5.92 Å². The Morgan fingerprint density at radius 1 is 0.579 bits per heavy atom. The fraction of sp³-hybridized carbons (Fsp3) is 0.189. The smallest absolute Gasteiger partial charge is 0.0461 e. The van der Waals surface area contributed by atoms with Crippen molar-refractivity contribution < 1.29 is 0 Å². The Kier molecular flexibility index (Phi) is 7.09. The van der Waals surface area contributed by atoms with Gasteiger partial charge in [-0.25, -0.2) is 0 Å². The zero-order chi connectivity index (χ0) is 25.7. The summed E-state index contributed by atoms with van der Waals surface area (Å²) in [7, 11) is 0. The summed E-state index contributed by atoms with van der Waals surface area (Å²) in [4.78, 5) is 2.39. The molecule has 1 nitrogen and oxygen atoms in total. The second-order valence-electron chi connectivity index (χ2n) is 10.4. The first-order chi connectivity index (χ1) is 18.7. The van der Waals surface area contributed by atoms with Gasteiger partial charge in [-0.05, 0) is 97.2 Å². The van der Waals surface area contributed by atoms with Gasteiger partial charge in [-0.3, -0.25) is 0 Å². The second-order valence-corrected chi connectivity index (χ2v) is 10.4. The van der Waals surface area contributed by atoms with E-state index in [2.05, 4.69) is 139 Å². The molecule has 1 atom stereocenters. The third-order valence-electron chi connectivity index (χ3n) is 7.75. The predicted octanol–water partition coefficient (Wildman–Crippen LogP) is 10.3. The van der Waals surface area contributed by atoms with Crippen LogP contribution in [0.25, 0.3) is 16.7 Å². The van der Waals surface area contributed by atoms with E-state index in [-0.39, 0.29) is 0 Å². The van der Waals surface area contributed by atoms with E-state index in [9.17, 15) is 0 Å². The number of aryl methyl sites for hydroxylation is 1. The fourth-order valence-corrected chi connectivity index (χ4v) is 5.56. The number of rotatable bonds is 6. The Bertz CT molecular complexity index is 1460.